The van der Waals surface area contributed by atoms with Crippen LogP contribution in [-0.4, -0.2) is 0 Å². The minimum atomic E-state index is 0.0199. The summed E-state index contributed by atoms with van der Waals surface area (Å²) < 4.78 is 0. The van der Waals surface area contributed by atoms with Crippen molar-refractivity contribution in [3.8, 4) is 0 Å². The van der Waals surface area contributed by atoms with Gasteiger partial charge < -0.3 is 21.7 Å². The summed E-state index contributed by atoms with van der Waals surface area (Å²) in [6.45, 7) is 6.06. The first-order valence-electron chi connectivity index (χ1n) is 6.75. The van der Waals surface area contributed by atoms with E-state index in [0.29, 0.717) is 22.7 Å². The fourth-order valence-corrected chi connectivity index (χ4v) is 2.92. The van der Waals surface area contributed by atoms with Crippen LogP contribution < -0.4 is 16.5 Å². The molecule has 0 saturated heterocycles. The van der Waals surface area contributed by atoms with Crippen molar-refractivity contribution in [2.45, 2.75) is 26.7 Å². The maximum absolute atomic E-state index is 12.7. The Kier molecular flexibility index (Phi) is 2.74. The fourth-order valence-electron chi connectivity index (χ4n) is 2.92. The SMILES string of the molecule is Cc1cc2c(cc1N)[NH+]([O-])c1cc(N)c(C)cc1C2C. The second-order valence-electron chi connectivity index (χ2n) is 5.64. The molecule has 104 valence electrons. The van der Waals surface area contributed by atoms with E-state index in [4.69, 9.17) is 11.5 Å². The molecule has 0 aromatic heterocycles. The van der Waals surface area contributed by atoms with Crippen molar-refractivity contribution in [1.29, 1.82) is 0 Å². The molecular formula is C16H19N3O. The van der Waals surface area contributed by atoms with Crippen molar-refractivity contribution in [3.05, 3.63) is 51.7 Å². The van der Waals surface area contributed by atoms with Gasteiger partial charge in [0, 0.05) is 40.6 Å². The van der Waals surface area contributed by atoms with E-state index in [1.54, 1.807) is 12.1 Å². The first kappa shape index (κ1) is 13.0. The zero-order valence-electron chi connectivity index (χ0n) is 11.9. The third kappa shape index (κ3) is 1.69. The predicted molar refractivity (Wildman–Crippen MR) is 82.3 cm³/mol. The normalized spacial score (nSPS) is 20.4. The van der Waals surface area contributed by atoms with E-state index < -0.39 is 0 Å². The molecule has 0 fully saturated rings. The Morgan fingerprint density at radius 3 is 1.70 bits per heavy atom. The lowest BCUT2D eigenvalue weighted by Crippen LogP contribution is -2.97. The number of nitrogen functional groups attached to an aromatic ring is 2. The quantitative estimate of drug-likeness (QED) is 0.507. The average Bonchev–Trinajstić information content (AvgIpc) is 2.41. The molecule has 3 rings (SSSR count). The van der Waals surface area contributed by atoms with E-state index in [9.17, 15) is 5.21 Å². The average molecular weight is 269 g/mol. The van der Waals surface area contributed by atoms with Gasteiger partial charge in [-0.05, 0) is 37.1 Å². The number of aryl methyl sites for hydroxylation is 2. The molecule has 0 saturated carbocycles. The molecule has 20 heavy (non-hydrogen) atoms. The molecule has 0 spiro atoms. The number of hydrogen-bond acceptors (Lipinski definition) is 3. The summed E-state index contributed by atoms with van der Waals surface area (Å²) in [6.07, 6.45) is 0. The standard InChI is InChI=1S/C16H19N3O/c1-8-4-11-10(3)12-5-9(2)14(18)7-16(12)19(20)15(11)6-13(8)17/h4-7,10,19H,17-18H2,1-3H3. The molecule has 4 heteroatoms. The Balaban J connectivity index is 2.27. The first-order valence-corrected chi connectivity index (χ1v) is 6.75. The molecule has 2 aromatic rings. The van der Waals surface area contributed by atoms with Crippen molar-refractivity contribution < 1.29 is 5.06 Å². The molecule has 0 amide bonds. The lowest BCUT2D eigenvalue weighted by molar-refractivity contribution is -0.700. The van der Waals surface area contributed by atoms with E-state index in [1.807, 2.05) is 26.0 Å². The summed E-state index contributed by atoms with van der Waals surface area (Å²) in [7, 11) is 0. The van der Waals surface area contributed by atoms with Crippen LogP contribution in [0.25, 0.3) is 0 Å². The number of nitrogens with one attached hydrogen (secondary N) is 1. The number of quaternary nitrogens is 1. The second kappa shape index (κ2) is 4.23. The van der Waals surface area contributed by atoms with Gasteiger partial charge in [0.2, 0.25) is 0 Å². The molecule has 1 heterocycles. The molecule has 2 aromatic carbocycles. The second-order valence-corrected chi connectivity index (χ2v) is 5.64. The first-order chi connectivity index (χ1) is 9.40. The number of benzene rings is 2. The maximum atomic E-state index is 12.7. The minimum absolute atomic E-state index is 0.0199. The van der Waals surface area contributed by atoms with Gasteiger partial charge in [-0.15, -0.1) is 0 Å². The molecule has 0 unspecified atom stereocenters. The Hall–Kier alpha value is -2.04. The monoisotopic (exact) mass is 269 g/mol. The van der Waals surface area contributed by atoms with Gasteiger partial charge in [-0.2, -0.15) is 0 Å². The Bertz CT molecular complexity index is 590. The van der Waals surface area contributed by atoms with Crippen molar-refractivity contribution in [3.63, 3.8) is 0 Å². The molecule has 5 N–H and O–H groups in total. The summed E-state index contributed by atoms with van der Waals surface area (Å²) in [5.41, 5.74) is 18.8. The summed E-state index contributed by atoms with van der Waals surface area (Å²) in [6, 6.07) is 7.65. The molecule has 0 bridgehead atoms. The summed E-state index contributed by atoms with van der Waals surface area (Å²) in [5, 5.41) is 12.7. The summed E-state index contributed by atoms with van der Waals surface area (Å²) >= 11 is 0. The number of fused-ring (bicyclic) bond motifs is 2. The van der Waals surface area contributed by atoms with Crippen LogP contribution in [0.3, 0.4) is 0 Å². The van der Waals surface area contributed by atoms with Crippen LogP contribution in [0.15, 0.2) is 24.3 Å². The molecule has 1 aliphatic heterocycles. The van der Waals surface area contributed by atoms with Crippen LogP contribution in [0.4, 0.5) is 22.7 Å². The third-order valence-electron chi connectivity index (χ3n) is 4.30. The molecular weight excluding hydrogens is 250 g/mol. The van der Waals surface area contributed by atoms with E-state index in [1.165, 1.54) is 0 Å². The number of nitrogens with two attached hydrogens (primary N) is 2. The van der Waals surface area contributed by atoms with Crippen LogP contribution in [-0.2, 0) is 0 Å². The third-order valence-corrected chi connectivity index (χ3v) is 4.30. The van der Waals surface area contributed by atoms with Gasteiger partial charge in [0.1, 0.15) is 11.4 Å². The van der Waals surface area contributed by atoms with Crippen LogP contribution in [0.5, 0.6) is 0 Å². The molecule has 1 aliphatic rings. The maximum Gasteiger partial charge on any atom is 0.142 e. The lowest BCUT2D eigenvalue weighted by Gasteiger charge is -2.34. The Morgan fingerprint density at radius 1 is 0.900 bits per heavy atom. The number of anilines is 2. The van der Waals surface area contributed by atoms with Gasteiger partial charge in [0.25, 0.3) is 0 Å². The van der Waals surface area contributed by atoms with Gasteiger partial charge >= 0.3 is 0 Å². The highest BCUT2D eigenvalue weighted by Gasteiger charge is 2.30. The van der Waals surface area contributed by atoms with Crippen molar-refractivity contribution in [1.82, 2.24) is 0 Å². The Labute approximate surface area is 118 Å². The van der Waals surface area contributed by atoms with Gasteiger partial charge in [-0.25, -0.2) is 0 Å². The Morgan fingerprint density at radius 2 is 1.30 bits per heavy atom. The van der Waals surface area contributed by atoms with E-state index >= 15 is 0 Å². The molecule has 0 atom stereocenters. The summed E-state index contributed by atoms with van der Waals surface area (Å²) in [4.78, 5) is 0. The van der Waals surface area contributed by atoms with Crippen molar-refractivity contribution >= 4 is 22.7 Å². The zero-order chi connectivity index (χ0) is 14.6. The molecule has 0 aliphatic carbocycles. The number of rotatable bonds is 0. The predicted octanol–water partition coefficient (Wildman–Crippen LogP) is 2.28. The van der Waals surface area contributed by atoms with Crippen LogP contribution in [0, 0.1) is 19.1 Å². The fraction of sp³-hybridized carbons (Fsp3) is 0.250. The highest BCUT2D eigenvalue weighted by Crippen LogP contribution is 2.39. The highest BCUT2D eigenvalue weighted by molar-refractivity contribution is 5.68. The van der Waals surface area contributed by atoms with E-state index in [2.05, 4.69) is 6.92 Å². The van der Waals surface area contributed by atoms with Crippen LogP contribution in [0.2, 0.25) is 0 Å². The van der Waals surface area contributed by atoms with Gasteiger partial charge in [-0.3, -0.25) is 0 Å². The minimum Gasteiger partial charge on any atom is -0.623 e. The van der Waals surface area contributed by atoms with Gasteiger partial charge in [0.05, 0.1) is 0 Å². The molecule has 4 nitrogen and oxygen atoms in total. The van der Waals surface area contributed by atoms with Gasteiger partial charge in [0.15, 0.2) is 0 Å². The van der Waals surface area contributed by atoms with Crippen LogP contribution >= 0.6 is 0 Å². The van der Waals surface area contributed by atoms with Gasteiger partial charge in [-0.1, -0.05) is 6.92 Å². The van der Waals surface area contributed by atoms with E-state index in [0.717, 1.165) is 22.3 Å². The smallest absolute Gasteiger partial charge is 0.142 e. The lowest BCUT2D eigenvalue weighted by atomic mass is 9.85. The van der Waals surface area contributed by atoms with Crippen LogP contribution in [0.1, 0.15) is 35.1 Å². The highest BCUT2D eigenvalue weighted by atomic mass is 16.5. The topological polar surface area (TPSA) is 79.5 Å². The van der Waals surface area contributed by atoms with Crippen molar-refractivity contribution in [2.75, 3.05) is 11.5 Å². The zero-order valence-corrected chi connectivity index (χ0v) is 11.9. The van der Waals surface area contributed by atoms with E-state index in [-0.39, 0.29) is 11.0 Å². The number of hydrogen-bond donors (Lipinski definition) is 3. The van der Waals surface area contributed by atoms with Crippen molar-refractivity contribution in [2.24, 2.45) is 0 Å². The summed E-state index contributed by atoms with van der Waals surface area (Å²) in [5.74, 6) is 0.177. The molecule has 0 radical (unpaired) electrons. The largest absolute Gasteiger partial charge is 0.623 e.